The molecule has 0 aliphatic rings. The summed E-state index contributed by atoms with van der Waals surface area (Å²) in [4.78, 5) is 11.6. The zero-order valence-electron chi connectivity index (χ0n) is 11.9. The lowest BCUT2D eigenvalue weighted by Gasteiger charge is -2.20. The van der Waals surface area contributed by atoms with E-state index in [0.717, 1.165) is 18.1 Å². The highest BCUT2D eigenvalue weighted by Gasteiger charge is 2.18. The lowest BCUT2D eigenvalue weighted by Crippen LogP contribution is -2.34. The second-order valence-corrected chi connectivity index (χ2v) is 6.19. The van der Waals surface area contributed by atoms with Crippen LogP contribution in [0, 0.1) is 0 Å². The molecule has 1 aromatic heterocycles. The molecule has 0 aromatic carbocycles. The second-order valence-electron chi connectivity index (χ2n) is 4.84. The number of thioether (sulfide) groups is 1. The summed E-state index contributed by atoms with van der Waals surface area (Å²) in [5.41, 5.74) is -0.131. The quantitative estimate of drug-likeness (QED) is 0.745. The molecule has 1 heterocycles. The molecule has 0 fully saturated rings. The molecule has 5 nitrogen and oxygen atoms in total. The van der Waals surface area contributed by atoms with Crippen molar-refractivity contribution in [2.45, 2.75) is 63.5 Å². The van der Waals surface area contributed by atoms with Gasteiger partial charge in [-0.3, -0.25) is 4.57 Å². The van der Waals surface area contributed by atoms with Gasteiger partial charge in [0.05, 0.1) is 0 Å². The molecule has 6 heteroatoms. The Kier molecular flexibility index (Phi) is 5.95. The predicted octanol–water partition coefficient (Wildman–Crippen LogP) is 2.02. The first-order valence-corrected chi connectivity index (χ1v) is 7.42. The molecule has 0 bridgehead atoms. The van der Waals surface area contributed by atoms with Gasteiger partial charge >= 0.3 is 5.69 Å². The average Bonchev–Trinajstić information content (AvgIpc) is 2.67. The maximum absolute atomic E-state index is 11.6. The normalized spacial score (nSPS) is 15.0. The van der Waals surface area contributed by atoms with Gasteiger partial charge < -0.3 is 5.32 Å². The van der Waals surface area contributed by atoms with Crippen LogP contribution in [0.4, 0.5) is 0 Å². The van der Waals surface area contributed by atoms with Gasteiger partial charge in [0.15, 0.2) is 5.16 Å². The van der Waals surface area contributed by atoms with E-state index in [2.05, 4.69) is 36.3 Å². The van der Waals surface area contributed by atoms with E-state index in [1.54, 1.807) is 16.3 Å². The molecule has 0 amide bonds. The standard InChI is InChI=1S/C12H24N4OS/c1-6-7-13-9(4)10(5)18-12-15-14-11(17)16(12)8(2)3/h8-10,13H,6-7H2,1-5H3,(H,14,17). The van der Waals surface area contributed by atoms with Crippen LogP contribution in [0.15, 0.2) is 9.95 Å². The number of aromatic amines is 1. The Morgan fingerprint density at radius 1 is 1.39 bits per heavy atom. The number of aromatic nitrogens is 3. The molecule has 0 radical (unpaired) electrons. The molecule has 2 atom stereocenters. The van der Waals surface area contributed by atoms with E-state index in [0.29, 0.717) is 11.3 Å². The molecule has 2 unspecified atom stereocenters. The number of nitrogens with one attached hydrogen (secondary N) is 2. The van der Waals surface area contributed by atoms with E-state index >= 15 is 0 Å². The van der Waals surface area contributed by atoms with Crippen LogP contribution < -0.4 is 11.0 Å². The van der Waals surface area contributed by atoms with Crippen LogP contribution in [-0.4, -0.2) is 32.6 Å². The van der Waals surface area contributed by atoms with Gasteiger partial charge in [0.25, 0.3) is 0 Å². The molecular formula is C12H24N4OS. The summed E-state index contributed by atoms with van der Waals surface area (Å²) in [6, 6.07) is 0.521. The van der Waals surface area contributed by atoms with Crippen molar-refractivity contribution < 1.29 is 0 Å². The van der Waals surface area contributed by atoms with Crippen LogP contribution in [0.2, 0.25) is 0 Å². The van der Waals surface area contributed by atoms with Crippen molar-refractivity contribution in [3.8, 4) is 0 Å². The van der Waals surface area contributed by atoms with Crippen molar-refractivity contribution in [2.75, 3.05) is 6.54 Å². The van der Waals surface area contributed by atoms with Gasteiger partial charge in [-0.05, 0) is 33.7 Å². The van der Waals surface area contributed by atoms with E-state index in [1.165, 1.54) is 0 Å². The van der Waals surface area contributed by atoms with E-state index in [1.807, 2.05) is 13.8 Å². The van der Waals surface area contributed by atoms with Crippen molar-refractivity contribution in [1.82, 2.24) is 20.1 Å². The van der Waals surface area contributed by atoms with Crippen molar-refractivity contribution >= 4 is 11.8 Å². The highest BCUT2D eigenvalue weighted by Crippen LogP contribution is 2.24. The maximum Gasteiger partial charge on any atom is 0.344 e. The Balaban J connectivity index is 2.70. The van der Waals surface area contributed by atoms with Crippen LogP contribution in [0.5, 0.6) is 0 Å². The van der Waals surface area contributed by atoms with Crippen LogP contribution >= 0.6 is 11.8 Å². The van der Waals surface area contributed by atoms with Crippen molar-refractivity contribution in [3.63, 3.8) is 0 Å². The van der Waals surface area contributed by atoms with Gasteiger partial charge in [-0.25, -0.2) is 9.89 Å². The SMILES string of the molecule is CCCNC(C)C(C)Sc1n[nH]c(=O)n1C(C)C. The number of H-pyrrole nitrogens is 1. The molecule has 1 rings (SSSR count). The Labute approximate surface area is 113 Å². The Morgan fingerprint density at radius 3 is 2.61 bits per heavy atom. The zero-order chi connectivity index (χ0) is 13.7. The largest absolute Gasteiger partial charge is 0.344 e. The third-order valence-corrected chi connectivity index (χ3v) is 4.18. The van der Waals surface area contributed by atoms with E-state index in [4.69, 9.17) is 0 Å². The fourth-order valence-electron chi connectivity index (χ4n) is 1.64. The number of nitrogens with zero attached hydrogens (tertiary/aromatic N) is 2. The number of rotatable bonds is 7. The van der Waals surface area contributed by atoms with Crippen LogP contribution in [-0.2, 0) is 0 Å². The molecule has 18 heavy (non-hydrogen) atoms. The lowest BCUT2D eigenvalue weighted by atomic mass is 10.2. The minimum absolute atomic E-state index is 0.129. The maximum atomic E-state index is 11.6. The van der Waals surface area contributed by atoms with Gasteiger partial charge in [0, 0.05) is 17.3 Å². The van der Waals surface area contributed by atoms with Crippen LogP contribution in [0.3, 0.4) is 0 Å². The summed E-state index contributed by atoms with van der Waals surface area (Å²) in [5, 5.41) is 11.2. The Bertz CT molecular complexity index is 412. The summed E-state index contributed by atoms with van der Waals surface area (Å²) in [5.74, 6) is 0. The fourth-order valence-corrected chi connectivity index (χ4v) is 2.77. The van der Waals surface area contributed by atoms with Crippen molar-refractivity contribution in [1.29, 1.82) is 0 Å². The topological polar surface area (TPSA) is 62.7 Å². The van der Waals surface area contributed by atoms with E-state index in [9.17, 15) is 4.79 Å². The molecule has 1 aromatic rings. The van der Waals surface area contributed by atoms with Gasteiger partial charge in [0.2, 0.25) is 0 Å². The fraction of sp³-hybridized carbons (Fsp3) is 0.833. The molecule has 104 valence electrons. The monoisotopic (exact) mass is 272 g/mol. The minimum atomic E-state index is -0.131. The Hall–Kier alpha value is -0.750. The first-order chi connectivity index (χ1) is 8.47. The molecule has 0 saturated carbocycles. The smallest absolute Gasteiger partial charge is 0.313 e. The second kappa shape index (κ2) is 6.99. The zero-order valence-corrected chi connectivity index (χ0v) is 12.7. The molecule has 0 aliphatic heterocycles. The lowest BCUT2D eigenvalue weighted by molar-refractivity contribution is 0.523. The number of hydrogen-bond donors (Lipinski definition) is 2. The summed E-state index contributed by atoms with van der Waals surface area (Å²) < 4.78 is 1.70. The highest BCUT2D eigenvalue weighted by molar-refractivity contribution is 7.99. The van der Waals surface area contributed by atoms with E-state index in [-0.39, 0.29) is 11.7 Å². The van der Waals surface area contributed by atoms with Crippen LogP contribution in [0.1, 0.15) is 47.1 Å². The molecule has 0 saturated heterocycles. The molecule has 0 spiro atoms. The first-order valence-electron chi connectivity index (χ1n) is 6.54. The summed E-state index contributed by atoms with van der Waals surface area (Å²) >= 11 is 1.64. The number of hydrogen-bond acceptors (Lipinski definition) is 4. The molecule has 0 aliphatic carbocycles. The third kappa shape index (κ3) is 3.88. The first kappa shape index (κ1) is 15.3. The van der Waals surface area contributed by atoms with Crippen LogP contribution in [0.25, 0.3) is 0 Å². The van der Waals surface area contributed by atoms with E-state index < -0.39 is 0 Å². The van der Waals surface area contributed by atoms with Gasteiger partial charge in [0.1, 0.15) is 0 Å². The molecule has 2 N–H and O–H groups in total. The van der Waals surface area contributed by atoms with Gasteiger partial charge in [-0.15, -0.1) is 5.10 Å². The average molecular weight is 272 g/mol. The van der Waals surface area contributed by atoms with Gasteiger partial charge in [-0.2, -0.15) is 0 Å². The highest BCUT2D eigenvalue weighted by atomic mass is 32.2. The van der Waals surface area contributed by atoms with Gasteiger partial charge in [-0.1, -0.05) is 25.6 Å². The van der Waals surface area contributed by atoms with Crippen molar-refractivity contribution in [3.05, 3.63) is 10.5 Å². The summed E-state index contributed by atoms with van der Waals surface area (Å²) in [7, 11) is 0. The third-order valence-electron chi connectivity index (χ3n) is 2.90. The minimum Gasteiger partial charge on any atom is -0.313 e. The van der Waals surface area contributed by atoms with Crippen molar-refractivity contribution in [2.24, 2.45) is 0 Å². The predicted molar refractivity (Wildman–Crippen MR) is 76.3 cm³/mol. The molecular weight excluding hydrogens is 248 g/mol. The summed E-state index contributed by atoms with van der Waals surface area (Å²) in [6.07, 6.45) is 1.13. The summed E-state index contributed by atoms with van der Waals surface area (Å²) in [6.45, 7) is 11.5. The Morgan fingerprint density at radius 2 is 2.06 bits per heavy atom.